The van der Waals surface area contributed by atoms with E-state index in [9.17, 15) is 0 Å². The van der Waals surface area contributed by atoms with E-state index >= 15 is 0 Å². The molecule has 1 saturated heterocycles. The van der Waals surface area contributed by atoms with Gasteiger partial charge >= 0.3 is 0 Å². The standard InChI is InChI=1S/C17H26O2/c1-2-3-4-5-6-7-8-9-10-12-15-18-17-14-11-13-16-19-17/h4-7,17H,2-3,8,11-16H2,1H3/b5-4+,7-6+. The minimum absolute atomic E-state index is 0.0131. The first-order valence-electron chi connectivity index (χ1n) is 7.44. The lowest BCUT2D eigenvalue weighted by molar-refractivity contribution is -0.161. The van der Waals surface area contributed by atoms with Crippen LogP contribution >= 0.6 is 0 Å². The van der Waals surface area contributed by atoms with E-state index in [0.717, 1.165) is 32.3 Å². The van der Waals surface area contributed by atoms with Crippen molar-refractivity contribution in [2.45, 2.75) is 58.2 Å². The van der Waals surface area contributed by atoms with E-state index in [2.05, 4.69) is 43.1 Å². The van der Waals surface area contributed by atoms with Gasteiger partial charge < -0.3 is 9.47 Å². The van der Waals surface area contributed by atoms with Gasteiger partial charge in [0, 0.05) is 19.4 Å². The Morgan fingerprint density at radius 1 is 1.21 bits per heavy atom. The Kier molecular flexibility index (Phi) is 10.1. The summed E-state index contributed by atoms with van der Waals surface area (Å²) in [5.41, 5.74) is 0. The van der Waals surface area contributed by atoms with Crippen molar-refractivity contribution < 1.29 is 9.47 Å². The summed E-state index contributed by atoms with van der Waals surface area (Å²) >= 11 is 0. The van der Waals surface area contributed by atoms with Crippen molar-refractivity contribution in [2.24, 2.45) is 0 Å². The fraction of sp³-hybridized carbons (Fsp3) is 0.647. The molecule has 1 fully saturated rings. The smallest absolute Gasteiger partial charge is 0.157 e. The van der Waals surface area contributed by atoms with Gasteiger partial charge in [0.2, 0.25) is 0 Å². The minimum Gasteiger partial charge on any atom is -0.353 e. The van der Waals surface area contributed by atoms with E-state index in [1.807, 2.05) is 0 Å². The fourth-order valence-electron chi connectivity index (χ4n) is 1.79. The molecule has 0 bridgehead atoms. The van der Waals surface area contributed by atoms with Crippen LogP contribution in [0.5, 0.6) is 0 Å². The van der Waals surface area contributed by atoms with Crippen LogP contribution in [0.4, 0.5) is 0 Å². The van der Waals surface area contributed by atoms with Crippen molar-refractivity contribution in [1.82, 2.24) is 0 Å². The van der Waals surface area contributed by atoms with Gasteiger partial charge in [0.25, 0.3) is 0 Å². The Morgan fingerprint density at radius 2 is 2.11 bits per heavy atom. The summed E-state index contributed by atoms with van der Waals surface area (Å²) in [6.45, 7) is 3.70. The zero-order chi connectivity index (χ0) is 13.6. The lowest BCUT2D eigenvalue weighted by Crippen LogP contribution is -2.22. The predicted octanol–water partition coefficient (Wildman–Crippen LogP) is 4.23. The third kappa shape index (κ3) is 9.53. The lowest BCUT2D eigenvalue weighted by Gasteiger charge is -2.22. The summed E-state index contributed by atoms with van der Waals surface area (Å²) in [6, 6.07) is 0. The molecule has 1 rings (SSSR count). The van der Waals surface area contributed by atoms with Crippen molar-refractivity contribution in [3.05, 3.63) is 24.3 Å². The molecule has 2 nitrogen and oxygen atoms in total. The molecule has 106 valence electrons. The number of hydrogen-bond acceptors (Lipinski definition) is 2. The second-order valence-electron chi connectivity index (χ2n) is 4.62. The average molecular weight is 262 g/mol. The first-order valence-corrected chi connectivity index (χ1v) is 7.44. The molecule has 0 aromatic carbocycles. The zero-order valence-corrected chi connectivity index (χ0v) is 12.1. The van der Waals surface area contributed by atoms with E-state index < -0.39 is 0 Å². The third-order valence-corrected chi connectivity index (χ3v) is 2.85. The van der Waals surface area contributed by atoms with Crippen LogP contribution in [0.2, 0.25) is 0 Å². The highest BCUT2D eigenvalue weighted by Crippen LogP contribution is 2.13. The summed E-state index contributed by atoms with van der Waals surface area (Å²) in [5, 5.41) is 0. The quantitative estimate of drug-likeness (QED) is 0.388. The van der Waals surface area contributed by atoms with Gasteiger partial charge in [-0.1, -0.05) is 43.6 Å². The first kappa shape index (κ1) is 16.0. The molecule has 0 saturated carbocycles. The molecule has 0 aromatic rings. The molecule has 1 atom stereocenters. The summed E-state index contributed by atoms with van der Waals surface area (Å²) < 4.78 is 11.1. The first-order chi connectivity index (χ1) is 9.43. The highest BCUT2D eigenvalue weighted by atomic mass is 16.7. The fourth-order valence-corrected chi connectivity index (χ4v) is 1.79. The molecule has 2 heteroatoms. The second kappa shape index (κ2) is 12.0. The zero-order valence-electron chi connectivity index (χ0n) is 12.1. The molecule has 0 aromatic heterocycles. The van der Waals surface area contributed by atoms with Gasteiger partial charge in [-0.25, -0.2) is 0 Å². The van der Waals surface area contributed by atoms with Crippen LogP contribution in [0.25, 0.3) is 0 Å². The van der Waals surface area contributed by atoms with Gasteiger partial charge in [0.15, 0.2) is 6.29 Å². The number of rotatable bonds is 7. The van der Waals surface area contributed by atoms with Crippen LogP contribution in [0.1, 0.15) is 51.9 Å². The monoisotopic (exact) mass is 262 g/mol. The lowest BCUT2D eigenvalue weighted by atomic mass is 10.2. The molecular formula is C17H26O2. The predicted molar refractivity (Wildman–Crippen MR) is 79.7 cm³/mol. The molecule has 1 aliphatic rings. The number of ether oxygens (including phenoxy) is 2. The highest BCUT2D eigenvalue weighted by Gasteiger charge is 2.12. The molecule has 0 spiro atoms. The molecule has 1 heterocycles. The van der Waals surface area contributed by atoms with Crippen molar-refractivity contribution in [3.8, 4) is 11.8 Å². The van der Waals surface area contributed by atoms with Gasteiger partial charge in [-0.05, 0) is 25.7 Å². The summed E-state index contributed by atoms with van der Waals surface area (Å²) in [6.07, 6.45) is 15.8. The Hall–Kier alpha value is -1.04. The number of allylic oxidation sites excluding steroid dienone is 4. The molecule has 0 radical (unpaired) electrons. The van der Waals surface area contributed by atoms with E-state index in [1.54, 1.807) is 0 Å². The molecular weight excluding hydrogens is 236 g/mol. The van der Waals surface area contributed by atoms with Crippen LogP contribution in [-0.4, -0.2) is 19.5 Å². The van der Waals surface area contributed by atoms with E-state index in [-0.39, 0.29) is 6.29 Å². The third-order valence-electron chi connectivity index (χ3n) is 2.85. The topological polar surface area (TPSA) is 18.5 Å². The molecule has 0 amide bonds. The molecule has 0 aliphatic carbocycles. The van der Waals surface area contributed by atoms with Gasteiger partial charge in [-0.15, -0.1) is 5.92 Å². The molecule has 19 heavy (non-hydrogen) atoms. The van der Waals surface area contributed by atoms with Crippen LogP contribution in [0.3, 0.4) is 0 Å². The number of unbranched alkanes of at least 4 members (excludes halogenated alkanes) is 1. The van der Waals surface area contributed by atoms with E-state index in [4.69, 9.17) is 9.47 Å². The Labute approximate surface area is 117 Å². The number of hydrogen-bond donors (Lipinski definition) is 0. The van der Waals surface area contributed by atoms with E-state index in [0.29, 0.717) is 6.61 Å². The Morgan fingerprint density at radius 3 is 2.89 bits per heavy atom. The largest absolute Gasteiger partial charge is 0.353 e. The van der Waals surface area contributed by atoms with Crippen LogP contribution in [-0.2, 0) is 9.47 Å². The normalized spacial score (nSPS) is 19.7. The second-order valence-corrected chi connectivity index (χ2v) is 4.62. The van der Waals surface area contributed by atoms with Crippen LogP contribution in [0, 0.1) is 11.8 Å². The Bertz CT molecular complexity index is 314. The Balaban J connectivity index is 1.95. The van der Waals surface area contributed by atoms with Crippen molar-refractivity contribution in [3.63, 3.8) is 0 Å². The van der Waals surface area contributed by atoms with Crippen LogP contribution in [0.15, 0.2) is 24.3 Å². The van der Waals surface area contributed by atoms with Crippen molar-refractivity contribution in [2.75, 3.05) is 13.2 Å². The van der Waals surface area contributed by atoms with Gasteiger partial charge in [0.1, 0.15) is 0 Å². The van der Waals surface area contributed by atoms with Crippen molar-refractivity contribution in [1.29, 1.82) is 0 Å². The average Bonchev–Trinajstić information content (AvgIpc) is 2.46. The van der Waals surface area contributed by atoms with Gasteiger partial charge in [-0.2, -0.15) is 0 Å². The summed E-state index contributed by atoms with van der Waals surface area (Å²) in [5.74, 6) is 6.24. The van der Waals surface area contributed by atoms with Crippen molar-refractivity contribution >= 4 is 0 Å². The molecule has 1 aliphatic heterocycles. The van der Waals surface area contributed by atoms with E-state index in [1.165, 1.54) is 19.3 Å². The SMILES string of the molecule is CCC/C=C/C=C/CC#CCCOC1CCCCO1. The van der Waals surface area contributed by atoms with Crippen LogP contribution < -0.4 is 0 Å². The maximum Gasteiger partial charge on any atom is 0.157 e. The molecule has 1 unspecified atom stereocenters. The highest BCUT2D eigenvalue weighted by molar-refractivity contribution is 5.09. The minimum atomic E-state index is 0.0131. The maximum absolute atomic E-state index is 5.60. The maximum atomic E-state index is 5.60. The summed E-state index contributed by atoms with van der Waals surface area (Å²) in [4.78, 5) is 0. The molecule has 0 N–H and O–H groups in total. The van der Waals surface area contributed by atoms with Gasteiger partial charge in [0.05, 0.1) is 6.61 Å². The van der Waals surface area contributed by atoms with Gasteiger partial charge in [-0.3, -0.25) is 0 Å². The summed E-state index contributed by atoms with van der Waals surface area (Å²) in [7, 11) is 0.